The Hall–Kier alpha value is -1.86. The maximum absolute atomic E-state index is 11.1. The fourth-order valence-corrected chi connectivity index (χ4v) is 2.80. The second-order valence-corrected chi connectivity index (χ2v) is 5.05. The van der Waals surface area contributed by atoms with Crippen molar-refractivity contribution in [3.05, 3.63) is 18.0 Å². The summed E-state index contributed by atoms with van der Waals surface area (Å²) in [5.74, 6) is 0.335. The number of amides is 1. The highest BCUT2D eigenvalue weighted by molar-refractivity contribution is 5.97. The second kappa shape index (κ2) is 4.60. The number of pyridine rings is 1. The van der Waals surface area contributed by atoms with Gasteiger partial charge in [-0.05, 0) is 6.07 Å². The number of carbonyl (C=O) groups excluding carboxylic acids is 1. The van der Waals surface area contributed by atoms with E-state index in [9.17, 15) is 4.79 Å². The lowest BCUT2D eigenvalue weighted by atomic mass is 9.99. The number of H-pyrrole nitrogens is 1. The summed E-state index contributed by atoms with van der Waals surface area (Å²) in [5.41, 5.74) is 6.24. The van der Waals surface area contributed by atoms with Gasteiger partial charge in [0.1, 0.15) is 5.69 Å². The van der Waals surface area contributed by atoms with Gasteiger partial charge in [0.2, 0.25) is 0 Å². The molecule has 2 bridgehead atoms. The van der Waals surface area contributed by atoms with Gasteiger partial charge in [0.05, 0.1) is 23.1 Å². The van der Waals surface area contributed by atoms with Gasteiger partial charge in [0, 0.05) is 25.7 Å². The molecule has 0 aliphatic carbocycles. The number of nitrogens with zero attached hydrogens (tertiary/aromatic N) is 3. The predicted molar refractivity (Wildman–Crippen MR) is 75.1 cm³/mol. The van der Waals surface area contributed by atoms with Crippen LogP contribution in [0.15, 0.2) is 12.3 Å². The van der Waals surface area contributed by atoms with Crippen LogP contribution >= 0.6 is 12.4 Å². The lowest BCUT2D eigenvalue weighted by molar-refractivity contribution is -0.133. The summed E-state index contributed by atoms with van der Waals surface area (Å²) >= 11 is 0. The van der Waals surface area contributed by atoms with E-state index in [2.05, 4.69) is 20.1 Å². The van der Waals surface area contributed by atoms with E-state index in [0.717, 1.165) is 36.2 Å². The number of anilines is 1. The number of morpholine rings is 1. The monoisotopic (exact) mass is 295 g/mol. The number of aromatic nitrogens is 3. The minimum atomic E-state index is -0.536. The molecule has 5 heterocycles. The van der Waals surface area contributed by atoms with Gasteiger partial charge in [-0.25, -0.2) is 0 Å². The topological polar surface area (TPSA) is 97.1 Å². The van der Waals surface area contributed by atoms with Crippen LogP contribution in [0.4, 0.5) is 5.82 Å². The number of rotatable bonds is 2. The molecule has 2 atom stereocenters. The molecule has 0 spiro atoms. The summed E-state index contributed by atoms with van der Waals surface area (Å²) in [6, 6.07) is 1.63. The average molecular weight is 296 g/mol. The lowest BCUT2D eigenvalue weighted by Crippen LogP contribution is -2.57. The molecule has 20 heavy (non-hydrogen) atoms. The fraction of sp³-hybridized carbons (Fsp3) is 0.417. The number of hydrogen-bond acceptors (Lipinski definition) is 5. The third-order valence-electron chi connectivity index (χ3n) is 3.74. The molecule has 3 fully saturated rings. The Kier molecular flexibility index (Phi) is 3.02. The quantitative estimate of drug-likeness (QED) is 0.839. The number of carbonyl (C=O) groups is 1. The second-order valence-electron chi connectivity index (χ2n) is 5.05. The molecule has 0 radical (unpaired) electrons. The standard InChI is InChI=1S/C12H13N5O2.ClH/c13-11(18)10-2-9-8(3-14-10)12(16-15-9)17-4-6-1-7(5-17)19-6;/h2-3,6-7H,1,4-5H2,(H2,13,18)(H,15,16);1H. The highest BCUT2D eigenvalue weighted by Crippen LogP contribution is 2.33. The number of fused-ring (bicyclic) bond motifs is 3. The van der Waals surface area contributed by atoms with Gasteiger partial charge in [-0.3, -0.25) is 14.9 Å². The number of primary amides is 1. The van der Waals surface area contributed by atoms with Gasteiger partial charge >= 0.3 is 0 Å². The largest absolute Gasteiger partial charge is 0.371 e. The molecule has 3 saturated heterocycles. The van der Waals surface area contributed by atoms with Crippen molar-refractivity contribution in [1.29, 1.82) is 0 Å². The average Bonchev–Trinajstić information content (AvgIpc) is 2.80. The molecular weight excluding hydrogens is 282 g/mol. The number of halogens is 1. The van der Waals surface area contributed by atoms with E-state index in [1.807, 2.05) is 0 Å². The Balaban J connectivity index is 0.00000121. The summed E-state index contributed by atoms with van der Waals surface area (Å²) in [7, 11) is 0. The molecule has 5 rings (SSSR count). The summed E-state index contributed by atoms with van der Waals surface area (Å²) in [6.07, 6.45) is 3.44. The molecule has 3 N–H and O–H groups in total. The van der Waals surface area contributed by atoms with Gasteiger partial charge in [-0.15, -0.1) is 12.4 Å². The number of ether oxygens (including phenoxy) is 1. The van der Waals surface area contributed by atoms with Crippen molar-refractivity contribution < 1.29 is 9.53 Å². The third-order valence-corrected chi connectivity index (χ3v) is 3.74. The summed E-state index contributed by atoms with van der Waals surface area (Å²) in [4.78, 5) is 17.4. The molecule has 0 saturated carbocycles. The van der Waals surface area contributed by atoms with Crippen LogP contribution in [0.5, 0.6) is 0 Å². The van der Waals surface area contributed by atoms with Crippen LogP contribution in [0.2, 0.25) is 0 Å². The molecule has 8 heteroatoms. The van der Waals surface area contributed by atoms with E-state index in [1.165, 1.54) is 0 Å². The molecule has 2 aromatic heterocycles. The van der Waals surface area contributed by atoms with Gasteiger partial charge < -0.3 is 15.4 Å². The zero-order chi connectivity index (χ0) is 13.0. The van der Waals surface area contributed by atoms with Crippen molar-refractivity contribution in [1.82, 2.24) is 15.2 Å². The van der Waals surface area contributed by atoms with Crippen LogP contribution < -0.4 is 10.6 Å². The summed E-state index contributed by atoms with van der Waals surface area (Å²) in [5, 5.41) is 8.17. The molecule has 3 aliphatic rings. The van der Waals surface area contributed by atoms with Gasteiger partial charge in [-0.1, -0.05) is 0 Å². The van der Waals surface area contributed by atoms with E-state index in [0.29, 0.717) is 12.2 Å². The Bertz CT molecular complexity index is 657. The number of hydrogen-bond donors (Lipinski definition) is 2. The van der Waals surface area contributed by atoms with Gasteiger partial charge in [-0.2, -0.15) is 5.10 Å². The number of piperidine rings is 1. The normalized spacial score (nSPS) is 24.1. The van der Waals surface area contributed by atoms with Crippen LogP contribution in [-0.2, 0) is 4.74 Å². The first-order valence-electron chi connectivity index (χ1n) is 6.25. The minimum absolute atomic E-state index is 0. The lowest BCUT2D eigenvalue weighted by Gasteiger charge is -2.47. The molecule has 2 unspecified atom stereocenters. The van der Waals surface area contributed by atoms with Crippen molar-refractivity contribution >= 4 is 35.0 Å². The van der Waals surface area contributed by atoms with Crippen molar-refractivity contribution in [3.8, 4) is 0 Å². The van der Waals surface area contributed by atoms with Crippen LogP contribution in [-0.4, -0.2) is 46.4 Å². The van der Waals surface area contributed by atoms with E-state index in [1.54, 1.807) is 12.3 Å². The van der Waals surface area contributed by atoms with Crippen molar-refractivity contribution in [2.24, 2.45) is 5.73 Å². The van der Waals surface area contributed by atoms with Crippen molar-refractivity contribution in [2.45, 2.75) is 18.6 Å². The van der Waals surface area contributed by atoms with E-state index >= 15 is 0 Å². The summed E-state index contributed by atoms with van der Waals surface area (Å²) < 4.78 is 5.61. The first-order chi connectivity index (χ1) is 9.20. The minimum Gasteiger partial charge on any atom is -0.371 e. The first kappa shape index (κ1) is 13.1. The molecule has 0 aromatic carbocycles. The highest BCUT2D eigenvalue weighted by Gasteiger charge is 2.39. The molecule has 7 nitrogen and oxygen atoms in total. The first-order valence-corrected chi connectivity index (χ1v) is 6.25. The smallest absolute Gasteiger partial charge is 0.267 e. The Morgan fingerprint density at radius 2 is 2.15 bits per heavy atom. The molecule has 3 aliphatic heterocycles. The van der Waals surface area contributed by atoms with E-state index in [4.69, 9.17) is 10.5 Å². The van der Waals surface area contributed by atoms with Crippen LogP contribution in [0.1, 0.15) is 16.9 Å². The van der Waals surface area contributed by atoms with Gasteiger partial charge in [0.15, 0.2) is 5.82 Å². The SMILES string of the molecule is Cl.NC(=O)c1cc2[nH]nc(N3CC4CC(C3)O4)c2cn1. The van der Waals surface area contributed by atoms with Gasteiger partial charge in [0.25, 0.3) is 5.91 Å². The van der Waals surface area contributed by atoms with Crippen molar-refractivity contribution in [2.75, 3.05) is 18.0 Å². The number of nitrogens with two attached hydrogens (primary N) is 1. The number of nitrogens with one attached hydrogen (secondary N) is 1. The zero-order valence-corrected chi connectivity index (χ0v) is 11.4. The van der Waals surface area contributed by atoms with E-state index < -0.39 is 5.91 Å². The number of aromatic amines is 1. The molecular formula is C12H14ClN5O2. The van der Waals surface area contributed by atoms with Crippen molar-refractivity contribution in [3.63, 3.8) is 0 Å². The maximum atomic E-state index is 11.1. The van der Waals surface area contributed by atoms with Crippen LogP contribution in [0, 0.1) is 0 Å². The maximum Gasteiger partial charge on any atom is 0.267 e. The third kappa shape index (κ3) is 1.90. The van der Waals surface area contributed by atoms with E-state index in [-0.39, 0.29) is 18.1 Å². The molecule has 1 amide bonds. The molecule has 106 valence electrons. The Morgan fingerprint density at radius 3 is 2.80 bits per heavy atom. The molecule has 2 aromatic rings. The Morgan fingerprint density at radius 1 is 1.45 bits per heavy atom. The summed E-state index contributed by atoms with van der Waals surface area (Å²) in [6.45, 7) is 1.71. The zero-order valence-electron chi connectivity index (χ0n) is 10.6. The highest BCUT2D eigenvalue weighted by atomic mass is 35.5. The van der Waals surface area contributed by atoms with Crippen LogP contribution in [0.25, 0.3) is 10.9 Å². The Labute approximate surface area is 120 Å². The van der Waals surface area contributed by atoms with Crippen LogP contribution in [0.3, 0.4) is 0 Å². The predicted octanol–water partition coefficient (Wildman–Crippen LogP) is 0.456. The fourth-order valence-electron chi connectivity index (χ4n) is 2.80.